The fraction of sp³-hybridized carbons (Fsp3) is 0.294. The summed E-state index contributed by atoms with van der Waals surface area (Å²) >= 11 is 3.50. The summed E-state index contributed by atoms with van der Waals surface area (Å²) in [5.74, 6) is 0.883. The van der Waals surface area contributed by atoms with E-state index >= 15 is 0 Å². The van der Waals surface area contributed by atoms with Crippen molar-refractivity contribution in [1.29, 1.82) is 0 Å². The maximum Gasteiger partial charge on any atom is 0.133 e. The third-order valence-corrected chi connectivity index (χ3v) is 4.05. The molecule has 0 atom stereocenters. The Kier molecular flexibility index (Phi) is 4.38. The molecule has 1 aliphatic rings. The van der Waals surface area contributed by atoms with Crippen LogP contribution in [-0.4, -0.2) is 6.04 Å². The van der Waals surface area contributed by atoms with Crippen LogP contribution in [0.5, 0.6) is 5.75 Å². The fourth-order valence-electron chi connectivity index (χ4n) is 2.10. The molecule has 0 amide bonds. The number of para-hydroxylation sites is 1. The van der Waals surface area contributed by atoms with Crippen LogP contribution in [0.2, 0.25) is 0 Å². The Morgan fingerprint density at radius 1 is 1.05 bits per heavy atom. The van der Waals surface area contributed by atoms with Crippen molar-refractivity contribution >= 4 is 15.9 Å². The molecule has 0 aromatic heterocycles. The van der Waals surface area contributed by atoms with Gasteiger partial charge in [0.1, 0.15) is 12.4 Å². The summed E-state index contributed by atoms with van der Waals surface area (Å²) in [6, 6.07) is 17.3. The lowest BCUT2D eigenvalue weighted by Gasteiger charge is -2.09. The van der Waals surface area contributed by atoms with Crippen molar-refractivity contribution in [2.75, 3.05) is 0 Å². The lowest BCUT2D eigenvalue weighted by Crippen LogP contribution is -2.15. The lowest BCUT2D eigenvalue weighted by atomic mass is 10.1. The van der Waals surface area contributed by atoms with Gasteiger partial charge in [0.25, 0.3) is 0 Å². The quantitative estimate of drug-likeness (QED) is 0.852. The smallest absolute Gasteiger partial charge is 0.133 e. The molecule has 0 unspecified atom stereocenters. The standard InChI is InChI=1S/C17H18BrNO/c18-16-6-1-2-7-17(16)20-12-14-5-3-4-13(10-14)11-19-15-8-9-15/h1-7,10,15,19H,8-9,11-12H2. The van der Waals surface area contributed by atoms with Gasteiger partial charge in [0.05, 0.1) is 4.47 Å². The number of hydrogen-bond acceptors (Lipinski definition) is 2. The number of nitrogens with one attached hydrogen (secondary N) is 1. The minimum Gasteiger partial charge on any atom is -0.488 e. The van der Waals surface area contributed by atoms with Crippen molar-refractivity contribution in [3.63, 3.8) is 0 Å². The molecule has 1 saturated carbocycles. The van der Waals surface area contributed by atoms with E-state index in [-0.39, 0.29) is 0 Å². The van der Waals surface area contributed by atoms with Crippen molar-refractivity contribution in [3.8, 4) is 5.75 Å². The first-order valence-corrected chi connectivity index (χ1v) is 7.79. The van der Waals surface area contributed by atoms with Gasteiger partial charge < -0.3 is 10.1 Å². The van der Waals surface area contributed by atoms with Gasteiger partial charge in [-0.15, -0.1) is 0 Å². The zero-order valence-electron chi connectivity index (χ0n) is 11.3. The molecule has 3 rings (SSSR count). The molecule has 104 valence electrons. The minimum absolute atomic E-state index is 0.597. The van der Waals surface area contributed by atoms with E-state index < -0.39 is 0 Å². The Morgan fingerprint density at radius 3 is 2.65 bits per heavy atom. The summed E-state index contributed by atoms with van der Waals surface area (Å²) in [5, 5.41) is 3.53. The summed E-state index contributed by atoms with van der Waals surface area (Å²) in [5.41, 5.74) is 2.53. The molecule has 0 spiro atoms. The Bertz CT molecular complexity index is 581. The van der Waals surface area contributed by atoms with E-state index in [9.17, 15) is 0 Å². The number of halogens is 1. The summed E-state index contributed by atoms with van der Waals surface area (Å²) < 4.78 is 6.84. The average Bonchev–Trinajstić information content (AvgIpc) is 3.29. The molecule has 2 aromatic rings. The predicted octanol–water partition coefficient (Wildman–Crippen LogP) is 4.28. The zero-order valence-corrected chi connectivity index (χ0v) is 12.9. The maximum atomic E-state index is 5.85. The van der Waals surface area contributed by atoms with Crippen LogP contribution < -0.4 is 10.1 Å². The van der Waals surface area contributed by atoms with Crippen LogP contribution in [0.3, 0.4) is 0 Å². The third-order valence-electron chi connectivity index (χ3n) is 3.39. The van der Waals surface area contributed by atoms with Crippen LogP contribution >= 0.6 is 15.9 Å². The molecule has 0 bridgehead atoms. The molecule has 1 N–H and O–H groups in total. The number of rotatable bonds is 6. The lowest BCUT2D eigenvalue weighted by molar-refractivity contribution is 0.304. The van der Waals surface area contributed by atoms with Crippen LogP contribution in [0.4, 0.5) is 0 Å². The second-order valence-electron chi connectivity index (χ2n) is 5.19. The van der Waals surface area contributed by atoms with Gasteiger partial charge in [-0.3, -0.25) is 0 Å². The van der Waals surface area contributed by atoms with Crippen LogP contribution in [0.25, 0.3) is 0 Å². The summed E-state index contributed by atoms with van der Waals surface area (Å²) in [6.07, 6.45) is 2.65. The molecule has 0 heterocycles. The van der Waals surface area contributed by atoms with Gasteiger partial charge in [0, 0.05) is 12.6 Å². The third kappa shape index (κ3) is 3.84. The predicted molar refractivity (Wildman–Crippen MR) is 84.8 cm³/mol. The molecular weight excluding hydrogens is 314 g/mol. The Balaban J connectivity index is 1.59. The molecule has 2 aromatic carbocycles. The van der Waals surface area contributed by atoms with Crippen molar-refractivity contribution in [1.82, 2.24) is 5.32 Å². The number of ether oxygens (including phenoxy) is 1. The molecule has 0 saturated heterocycles. The molecule has 1 aliphatic carbocycles. The minimum atomic E-state index is 0.597. The topological polar surface area (TPSA) is 21.3 Å². The molecule has 20 heavy (non-hydrogen) atoms. The first-order chi connectivity index (χ1) is 9.81. The highest BCUT2D eigenvalue weighted by atomic mass is 79.9. The Hall–Kier alpha value is -1.32. The number of hydrogen-bond donors (Lipinski definition) is 1. The molecule has 0 aliphatic heterocycles. The first-order valence-electron chi connectivity index (χ1n) is 7.00. The Labute approximate surface area is 128 Å². The van der Waals surface area contributed by atoms with Crippen molar-refractivity contribution < 1.29 is 4.74 Å². The fourth-order valence-corrected chi connectivity index (χ4v) is 2.50. The van der Waals surface area contributed by atoms with E-state index in [0.717, 1.165) is 22.8 Å². The van der Waals surface area contributed by atoms with Crippen molar-refractivity contribution in [2.24, 2.45) is 0 Å². The van der Waals surface area contributed by atoms with Gasteiger partial charge in [-0.05, 0) is 52.0 Å². The molecule has 3 heteroatoms. The van der Waals surface area contributed by atoms with E-state index in [1.165, 1.54) is 24.0 Å². The zero-order chi connectivity index (χ0) is 13.8. The van der Waals surface area contributed by atoms with E-state index in [1.807, 2.05) is 24.3 Å². The van der Waals surface area contributed by atoms with Gasteiger partial charge in [-0.2, -0.15) is 0 Å². The first kappa shape index (κ1) is 13.7. The highest BCUT2D eigenvalue weighted by Crippen LogP contribution is 2.25. The highest BCUT2D eigenvalue weighted by molar-refractivity contribution is 9.10. The summed E-state index contributed by atoms with van der Waals surface area (Å²) in [4.78, 5) is 0. The van der Waals surface area contributed by atoms with Crippen LogP contribution in [0.15, 0.2) is 53.0 Å². The van der Waals surface area contributed by atoms with Crippen molar-refractivity contribution in [3.05, 3.63) is 64.1 Å². The molecule has 2 nitrogen and oxygen atoms in total. The SMILES string of the molecule is Brc1ccccc1OCc1cccc(CNC2CC2)c1. The normalized spacial score (nSPS) is 14.2. The Morgan fingerprint density at radius 2 is 1.85 bits per heavy atom. The van der Waals surface area contributed by atoms with Crippen LogP contribution in [0.1, 0.15) is 24.0 Å². The summed E-state index contributed by atoms with van der Waals surface area (Å²) in [6.45, 7) is 1.55. The van der Waals surface area contributed by atoms with Gasteiger partial charge in [-0.1, -0.05) is 36.4 Å². The largest absolute Gasteiger partial charge is 0.488 e. The summed E-state index contributed by atoms with van der Waals surface area (Å²) in [7, 11) is 0. The average molecular weight is 332 g/mol. The van der Waals surface area contributed by atoms with E-state index in [0.29, 0.717) is 6.61 Å². The monoisotopic (exact) mass is 331 g/mol. The molecular formula is C17H18BrNO. The molecule has 0 radical (unpaired) electrons. The van der Waals surface area contributed by atoms with Crippen LogP contribution in [0, 0.1) is 0 Å². The van der Waals surface area contributed by atoms with E-state index in [2.05, 4.69) is 45.5 Å². The van der Waals surface area contributed by atoms with Gasteiger partial charge in [0.2, 0.25) is 0 Å². The van der Waals surface area contributed by atoms with Gasteiger partial charge in [0.15, 0.2) is 0 Å². The van der Waals surface area contributed by atoms with E-state index in [4.69, 9.17) is 4.74 Å². The highest BCUT2D eigenvalue weighted by Gasteiger charge is 2.19. The second kappa shape index (κ2) is 6.42. The van der Waals surface area contributed by atoms with E-state index in [1.54, 1.807) is 0 Å². The maximum absolute atomic E-state index is 5.85. The van der Waals surface area contributed by atoms with Crippen molar-refractivity contribution in [2.45, 2.75) is 32.0 Å². The van der Waals surface area contributed by atoms with Gasteiger partial charge >= 0.3 is 0 Å². The molecule has 1 fully saturated rings. The second-order valence-corrected chi connectivity index (χ2v) is 6.05. The van der Waals surface area contributed by atoms with Crippen LogP contribution in [-0.2, 0) is 13.2 Å². The number of benzene rings is 2. The van der Waals surface area contributed by atoms with Gasteiger partial charge in [-0.25, -0.2) is 0 Å².